The van der Waals surface area contributed by atoms with Crippen LogP contribution in [0.15, 0.2) is 48.8 Å². The Morgan fingerprint density at radius 1 is 1.15 bits per heavy atom. The van der Waals surface area contributed by atoms with E-state index in [9.17, 15) is 9.90 Å². The Morgan fingerprint density at radius 3 is 2.55 bits per heavy atom. The third kappa shape index (κ3) is 6.34. The SMILES string of the molecule is CCN(CC)CCNC(=O)c1cc(Cl)c(Nc2cncc(-c3ccc(O)cc3)n2)cc1OC. The number of phenols is 1. The number of rotatable bonds is 10. The summed E-state index contributed by atoms with van der Waals surface area (Å²) >= 11 is 6.47. The van der Waals surface area contributed by atoms with E-state index in [1.807, 2.05) is 0 Å². The van der Waals surface area contributed by atoms with Crippen molar-refractivity contribution in [2.75, 3.05) is 38.6 Å². The van der Waals surface area contributed by atoms with Gasteiger partial charge in [-0.1, -0.05) is 25.4 Å². The zero-order chi connectivity index (χ0) is 23.8. The van der Waals surface area contributed by atoms with Gasteiger partial charge in [0, 0.05) is 24.7 Å². The zero-order valence-electron chi connectivity index (χ0n) is 18.9. The molecule has 0 saturated carbocycles. The number of amides is 1. The molecule has 0 aliphatic rings. The number of methoxy groups -OCH3 is 1. The molecule has 2 aromatic carbocycles. The van der Waals surface area contributed by atoms with E-state index in [0.717, 1.165) is 25.2 Å². The van der Waals surface area contributed by atoms with Crippen LogP contribution in [0.2, 0.25) is 5.02 Å². The number of halogens is 1. The standard InChI is InChI=1S/C24H28ClN5O3/c1-4-30(5-2)11-10-27-24(32)18-12-19(25)20(13-22(18)33-3)28-23-15-26-14-21(29-23)16-6-8-17(31)9-7-16/h6-9,12-15,31H,4-5,10-11H2,1-3H3,(H,27,32)(H,28,29). The third-order valence-electron chi connectivity index (χ3n) is 5.20. The van der Waals surface area contributed by atoms with Gasteiger partial charge in [-0.25, -0.2) is 4.98 Å². The highest BCUT2D eigenvalue weighted by Crippen LogP contribution is 2.33. The van der Waals surface area contributed by atoms with Gasteiger partial charge in [-0.3, -0.25) is 9.78 Å². The Balaban J connectivity index is 1.76. The number of aromatic hydroxyl groups is 1. The second-order valence-corrected chi connectivity index (χ2v) is 7.68. The number of hydrogen-bond donors (Lipinski definition) is 3. The quantitative estimate of drug-likeness (QED) is 0.406. The molecule has 3 rings (SSSR count). The van der Waals surface area contributed by atoms with Gasteiger partial charge in [0.15, 0.2) is 0 Å². The average molecular weight is 470 g/mol. The molecule has 0 atom stereocenters. The Morgan fingerprint density at radius 2 is 1.88 bits per heavy atom. The van der Waals surface area contributed by atoms with Crippen LogP contribution in [-0.4, -0.2) is 59.2 Å². The molecule has 3 N–H and O–H groups in total. The molecule has 0 unspecified atom stereocenters. The van der Waals surface area contributed by atoms with Crippen molar-refractivity contribution in [1.82, 2.24) is 20.2 Å². The number of phenolic OH excluding ortho intramolecular Hbond substituents is 1. The first kappa shape index (κ1) is 24.3. The normalized spacial score (nSPS) is 10.8. The van der Waals surface area contributed by atoms with Crippen molar-refractivity contribution in [2.45, 2.75) is 13.8 Å². The van der Waals surface area contributed by atoms with Crippen LogP contribution in [0.5, 0.6) is 11.5 Å². The molecule has 174 valence electrons. The molecule has 0 aliphatic heterocycles. The van der Waals surface area contributed by atoms with Crippen molar-refractivity contribution >= 4 is 29.0 Å². The molecule has 0 fully saturated rings. The smallest absolute Gasteiger partial charge is 0.255 e. The zero-order valence-corrected chi connectivity index (χ0v) is 19.7. The fraction of sp³-hybridized carbons (Fsp3) is 0.292. The lowest BCUT2D eigenvalue weighted by Gasteiger charge is -2.18. The fourth-order valence-electron chi connectivity index (χ4n) is 3.29. The number of aromatic nitrogens is 2. The van der Waals surface area contributed by atoms with E-state index >= 15 is 0 Å². The third-order valence-corrected chi connectivity index (χ3v) is 5.51. The summed E-state index contributed by atoms with van der Waals surface area (Å²) in [5.41, 5.74) is 2.33. The number of benzene rings is 2. The van der Waals surface area contributed by atoms with E-state index < -0.39 is 0 Å². The van der Waals surface area contributed by atoms with Crippen LogP contribution in [0, 0.1) is 0 Å². The lowest BCUT2D eigenvalue weighted by Crippen LogP contribution is -2.34. The lowest BCUT2D eigenvalue weighted by atomic mass is 10.1. The van der Waals surface area contributed by atoms with Gasteiger partial charge >= 0.3 is 0 Å². The van der Waals surface area contributed by atoms with Crippen LogP contribution in [0.4, 0.5) is 11.5 Å². The second-order valence-electron chi connectivity index (χ2n) is 7.28. The van der Waals surface area contributed by atoms with Crippen LogP contribution < -0.4 is 15.4 Å². The molecule has 1 aromatic heterocycles. The maximum absolute atomic E-state index is 12.7. The van der Waals surface area contributed by atoms with Crippen molar-refractivity contribution in [3.8, 4) is 22.8 Å². The van der Waals surface area contributed by atoms with Gasteiger partial charge in [0.05, 0.1) is 41.5 Å². The minimum Gasteiger partial charge on any atom is -0.508 e. The molecule has 0 aliphatic carbocycles. The van der Waals surface area contributed by atoms with Crippen LogP contribution in [-0.2, 0) is 0 Å². The number of carbonyl (C=O) groups excluding carboxylic acids is 1. The number of nitrogens with zero attached hydrogens (tertiary/aromatic N) is 3. The number of anilines is 2. The highest BCUT2D eigenvalue weighted by Gasteiger charge is 2.17. The minimum atomic E-state index is -0.249. The van der Waals surface area contributed by atoms with Crippen LogP contribution >= 0.6 is 11.6 Å². The van der Waals surface area contributed by atoms with Crippen LogP contribution in [0.1, 0.15) is 24.2 Å². The van der Waals surface area contributed by atoms with E-state index in [1.54, 1.807) is 48.8 Å². The van der Waals surface area contributed by atoms with E-state index in [-0.39, 0.29) is 11.7 Å². The molecule has 3 aromatic rings. The van der Waals surface area contributed by atoms with Gasteiger partial charge in [0.1, 0.15) is 17.3 Å². The van der Waals surface area contributed by atoms with Gasteiger partial charge in [-0.15, -0.1) is 0 Å². The van der Waals surface area contributed by atoms with Gasteiger partial charge in [0.25, 0.3) is 5.91 Å². The summed E-state index contributed by atoms with van der Waals surface area (Å²) in [5, 5.41) is 15.9. The molecule has 8 nitrogen and oxygen atoms in total. The van der Waals surface area contributed by atoms with Gasteiger partial charge in [-0.05, 0) is 43.4 Å². The first-order valence-corrected chi connectivity index (χ1v) is 11.1. The molecular formula is C24H28ClN5O3. The van der Waals surface area contributed by atoms with E-state index in [1.165, 1.54) is 7.11 Å². The highest BCUT2D eigenvalue weighted by molar-refractivity contribution is 6.33. The van der Waals surface area contributed by atoms with Crippen molar-refractivity contribution in [3.05, 3.63) is 59.4 Å². The van der Waals surface area contributed by atoms with E-state index in [2.05, 4.69) is 39.3 Å². The Labute approximate surface area is 198 Å². The molecule has 0 spiro atoms. The molecule has 0 radical (unpaired) electrons. The van der Waals surface area contributed by atoms with Crippen molar-refractivity contribution in [3.63, 3.8) is 0 Å². The summed E-state index contributed by atoms with van der Waals surface area (Å²) in [5.74, 6) is 0.796. The Kier molecular flexibility index (Phi) is 8.46. The first-order chi connectivity index (χ1) is 15.9. The largest absolute Gasteiger partial charge is 0.508 e. The maximum Gasteiger partial charge on any atom is 0.255 e. The number of nitrogens with one attached hydrogen (secondary N) is 2. The Hall–Kier alpha value is -3.36. The number of ether oxygens (including phenoxy) is 1. The predicted molar refractivity (Wildman–Crippen MR) is 131 cm³/mol. The summed E-state index contributed by atoms with van der Waals surface area (Å²) in [7, 11) is 1.50. The number of hydrogen-bond acceptors (Lipinski definition) is 7. The molecular weight excluding hydrogens is 442 g/mol. The number of carbonyl (C=O) groups is 1. The Bertz CT molecular complexity index is 1090. The predicted octanol–water partition coefficient (Wildman–Crippen LogP) is 4.33. The van der Waals surface area contributed by atoms with E-state index in [0.29, 0.717) is 40.1 Å². The summed E-state index contributed by atoms with van der Waals surface area (Å²) in [6.07, 6.45) is 3.20. The minimum absolute atomic E-state index is 0.178. The summed E-state index contributed by atoms with van der Waals surface area (Å²) < 4.78 is 5.44. The average Bonchev–Trinajstić information content (AvgIpc) is 2.83. The monoisotopic (exact) mass is 469 g/mol. The van der Waals surface area contributed by atoms with Gasteiger partial charge in [-0.2, -0.15) is 0 Å². The number of likely N-dealkylation sites (N-methyl/N-ethyl adjacent to an activating group) is 1. The fourth-order valence-corrected chi connectivity index (χ4v) is 3.50. The highest BCUT2D eigenvalue weighted by atomic mass is 35.5. The topological polar surface area (TPSA) is 99.6 Å². The second kappa shape index (κ2) is 11.5. The van der Waals surface area contributed by atoms with Crippen LogP contribution in [0.3, 0.4) is 0 Å². The van der Waals surface area contributed by atoms with Crippen molar-refractivity contribution in [1.29, 1.82) is 0 Å². The van der Waals surface area contributed by atoms with Crippen LogP contribution in [0.25, 0.3) is 11.3 Å². The van der Waals surface area contributed by atoms with Crippen molar-refractivity contribution in [2.24, 2.45) is 0 Å². The summed E-state index contributed by atoms with van der Waals surface area (Å²) in [6, 6.07) is 9.93. The maximum atomic E-state index is 12.7. The molecule has 0 saturated heterocycles. The van der Waals surface area contributed by atoms with Gasteiger partial charge < -0.3 is 25.4 Å². The molecule has 1 amide bonds. The van der Waals surface area contributed by atoms with Gasteiger partial charge in [0.2, 0.25) is 0 Å². The van der Waals surface area contributed by atoms with Crippen molar-refractivity contribution < 1.29 is 14.6 Å². The molecule has 0 bridgehead atoms. The lowest BCUT2D eigenvalue weighted by molar-refractivity contribution is 0.0946. The molecule has 1 heterocycles. The molecule has 9 heteroatoms. The van der Waals surface area contributed by atoms with E-state index in [4.69, 9.17) is 16.3 Å². The summed E-state index contributed by atoms with van der Waals surface area (Å²) in [4.78, 5) is 23.7. The molecule has 33 heavy (non-hydrogen) atoms. The summed E-state index contributed by atoms with van der Waals surface area (Å²) in [6.45, 7) is 7.33. The first-order valence-electron chi connectivity index (χ1n) is 10.7.